The van der Waals surface area contributed by atoms with Gasteiger partial charge in [-0.3, -0.25) is 10.1 Å². The summed E-state index contributed by atoms with van der Waals surface area (Å²) >= 11 is 9.57. The molecule has 2 aromatic rings. The molecule has 0 unspecified atom stereocenters. The van der Waals surface area contributed by atoms with E-state index in [9.17, 15) is 10.1 Å². The van der Waals surface area contributed by atoms with Gasteiger partial charge in [-0.25, -0.2) is 0 Å². The number of hydrogen-bond donors (Lipinski definition) is 1. The van der Waals surface area contributed by atoms with Gasteiger partial charge in [0.05, 0.1) is 4.92 Å². The highest BCUT2D eigenvalue weighted by atomic mass is 79.9. The summed E-state index contributed by atoms with van der Waals surface area (Å²) in [4.78, 5) is 10.6. The number of aryl methyl sites for hydroxylation is 1. The van der Waals surface area contributed by atoms with Crippen molar-refractivity contribution in [2.75, 3.05) is 11.9 Å². The minimum absolute atomic E-state index is 0.153. The summed E-state index contributed by atoms with van der Waals surface area (Å²) in [6.45, 7) is 2.52. The largest absolute Gasteiger partial charge is 0.384 e. The fraction of sp³-hybridized carbons (Fsp3) is 0.200. The van der Waals surface area contributed by atoms with Gasteiger partial charge >= 0.3 is 0 Å². The van der Waals surface area contributed by atoms with Crippen molar-refractivity contribution in [3.63, 3.8) is 0 Å². The van der Waals surface area contributed by atoms with Crippen LogP contribution in [0.3, 0.4) is 0 Å². The van der Waals surface area contributed by atoms with Crippen molar-refractivity contribution in [2.24, 2.45) is 0 Å². The van der Waals surface area contributed by atoms with E-state index < -0.39 is 0 Å². The van der Waals surface area contributed by atoms with Gasteiger partial charge in [0.25, 0.3) is 5.69 Å². The Morgan fingerprint density at radius 2 is 2.05 bits per heavy atom. The predicted octanol–water partition coefficient (Wildman–Crippen LogP) is 4.97. The molecule has 2 rings (SSSR count). The Morgan fingerprint density at radius 1 is 1.33 bits per heavy atom. The van der Waals surface area contributed by atoms with Gasteiger partial charge < -0.3 is 5.32 Å². The highest BCUT2D eigenvalue weighted by Crippen LogP contribution is 2.29. The zero-order chi connectivity index (χ0) is 15.4. The SMILES string of the molecule is Cc1cc(Br)c(NCCc2ccccc2[N+](=O)[O-])cc1Cl. The molecular formula is C15H14BrClN2O2. The quantitative estimate of drug-likeness (QED) is 0.598. The van der Waals surface area contributed by atoms with Gasteiger partial charge in [-0.15, -0.1) is 0 Å². The summed E-state index contributed by atoms with van der Waals surface area (Å²) in [6, 6.07) is 10.6. The molecular weight excluding hydrogens is 356 g/mol. The second-order valence-electron chi connectivity index (χ2n) is 4.64. The summed E-state index contributed by atoms with van der Waals surface area (Å²) in [6.07, 6.45) is 0.565. The number of nitro benzene ring substituents is 1. The number of para-hydroxylation sites is 1. The molecule has 0 saturated heterocycles. The normalized spacial score (nSPS) is 10.4. The van der Waals surface area contributed by atoms with Gasteiger partial charge in [-0.2, -0.15) is 0 Å². The van der Waals surface area contributed by atoms with Crippen LogP contribution in [-0.4, -0.2) is 11.5 Å². The van der Waals surface area contributed by atoms with Crippen LogP contribution < -0.4 is 5.32 Å². The molecule has 2 aromatic carbocycles. The first-order chi connectivity index (χ1) is 9.99. The standard InChI is InChI=1S/C15H14BrClN2O2/c1-10-8-12(16)14(9-13(10)17)18-7-6-11-4-2-3-5-15(11)19(20)21/h2-5,8-9,18H,6-7H2,1H3. The van der Waals surface area contributed by atoms with Gasteiger partial charge in [0.15, 0.2) is 0 Å². The smallest absolute Gasteiger partial charge is 0.272 e. The summed E-state index contributed by atoms with van der Waals surface area (Å²) in [5.74, 6) is 0. The second kappa shape index (κ2) is 6.91. The lowest BCUT2D eigenvalue weighted by Gasteiger charge is -2.10. The zero-order valence-electron chi connectivity index (χ0n) is 11.4. The fourth-order valence-electron chi connectivity index (χ4n) is 2.01. The van der Waals surface area contributed by atoms with Crippen LogP contribution in [0.25, 0.3) is 0 Å². The van der Waals surface area contributed by atoms with Crippen molar-refractivity contribution >= 4 is 38.9 Å². The topological polar surface area (TPSA) is 55.2 Å². The molecule has 21 heavy (non-hydrogen) atoms. The number of nitrogens with one attached hydrogen (secondary N) is 1. The van der Waals surface area contributed by atoms with Crippen molar-refractivity contribution in [1.29, 1.82) is 0 Å². The molecule has 110 valence electrons. The molecule has 0 heterocycles. The summed E-state index contributed by atoms with van der Waals surface area (Å²) in [7, 11) is 0. The molecule has 0 saturated carbocycles. The van der Waals surface area contributed by atoms with Crippen molar-refractivity contribution in [3.05, 3.63) is 67.1 Å². The molecule has 0 spiro atoms. The first-order valence-electron chi connectivity index (χ1n) is 6.41. The monoisotopic (exact) mass is 368 g/mol. The Bertz CT molecular complexity index is 677. The first-order valence-corrected chi connectivity index (χ1v) is 7.58. The van der Waals surface area contributed by atoms with E-state index in [1.165, 1.54) is 6.07 Å². The number of halogens is 2. The third kappa shape index (κ3) is 3.95. The number of benzene rings is 2. The Kier molecular flexibility index (Phi) is 5.20. The van der Waals surface area contributed by atoms with Crippen LogP contribution in [0.15, 0.2) is 40.9 Å². The molecule has 1 N–H and O–H groups in total. The summed E-state index contributed by atoms with van der Waals surface area (Å²) in [5.41, 5.74) is 2.74. The summed E-state index contributed by atoms with van der Waals surface area (Å²) < 4.78 is 0.923. The molecule has 0 amide bonds. The third-order valence-electron chi connectivity index (χ3n) is 3.15. The van der Waals surface area contributed by atoms with E-state index in [-0.39, 0.29) is 10.6 Å². The van der Waals surface area contributed by atoms with Gasteiger partial charge in [-0.1, -0.05) is 29.8 Å². The minimum Gasteiger partial charge on any atom is -0.384 e. The Morgan fingerprint density at radius 3 is 2.76 bits per heavy atom. The molecule has 0 fully saturated rings. The Hall–Kier alpha value is -1.59. The molecule has 0 aromatic heterocycles. The lowest BCUT2D eigenvalue weighted by molar-refractivity contribution is -0.385. The molecule has 4 nitrogen and oxygen atoms in total. The molecule has 0 atom stereocenters. The van der Waals surface area contributed by atoms with E-state index in [2.05, 4.69) is 21.2 Å². The average molecular weight is 370 g/mol. The highest BCUT2D eigenvalue weighted by molar-refractivity contribution is 9.10. The van der Waals surface area contributed by atoms with Gasteiger partial charge in [0.1, 0.15) is 0 Å². The molecule has 0 aliphatic heterocycles. The van der Waals surface area contributed by atoms with E-state index in [0.29, 0.717) is 23.6 Å². The summed E-state index contributed by atoms with van der Waals surface area (Å²) in [5, 5.41) is 14.9. The van der Waals surface area contributed by atoms with E-state index in [1.807, 2.05) is 19.1 Å². The molecule has 0 aliphatic rings. The maximum Gasteiger partial charge on any atom is 0.272 e. The Labute approximate surface area is 136 Å². The average Bonchev–Trinajstić information content (AvgIpc) is 2.44. The maximum atomic E-state index is 11.0. The van der Waals surface area contributed by atoms with Gasteiger partial charge in [0, 0.05) is 33.4 Å². The van der Waals surface area contributed by atoms with Crippen LogP contribution in [0.2, 0.25) is 5.02 Å². The molecule has 0 radical (unpaired) electrons. The van der Waals surface area contributed by atoms with Crippen molar-refractivity contribution in [2.45, 2.75) is 13.3 Å². The maximum absolute atomic E-state index is 11.0. The van der Waals surface area contributed by atoms with E-state index in [0.717, 1.165) is 15.7 Å². The minimum atomic E-state index is -0.353. The van der Waals surface area contributed by atoms with Gasteiger partial charge in [0.2, 0.25) is 0 Å². The number of rotatable bonds is 5. The third-order valence-corrected chi connectivity index (χ3v) is 4.21. The second-order valence-corrected chi connectivity index (χ2v) is 5.91. The fourth-order valence-corrected chi connectivity index (χ4v) is 2.78. The Balaban J connectivity index is 2.06. The van der Waals surface area contributed by atoms with E-state index in [1.54, 1.807) is 18.2 Å². The molecule has 0 aliphatic carbocycles. The van der Waals surface area contributed by atoms with Crippen molar-refractivity contribution in [3.8, 4) is 0 Å². The zero-order valence-corrected chi connectivity index (χ0v) is 13.7. The van der Waals surface area contributed by atoms with Crippen LogP contribution in [0.4, 0.5) is 11.4 Å². The van der Waals surface area contributed by atoms with Crippen molar-refractivity contribution in [1.82, 2.24) is 0 Å². The van der Waals surface area contributed by atoms with Crippen LogP contribution in [-0.2, 0) is 6.42 Å². The van der Waals surface area contributed by atoms with Crippen LogP contribution in [0.1, 0.15) is 11.1 Å². The number of nitro groups is 1. The lowest BCUT2D eigenvalue weighted by Crippen LogP contribution is -2.07. The number of anilines is 1. The first kappa shape index (κ1) is 15.8. The van der Waals surface area contributed by atoms with E-state index in [4.69, 9.17) is 11.6 Å². The van der Waals surface area contributed by atoms with Gasteiger partial charge in [-0.05, 0) is 47.0 Å². The van der Waals surface area contributed by atoms with Crippen molar-refractivity contribution < 1.29 is 4.92 Å². The highest BCUT2D eigenvalue weighted by Gasteiger charge is 2.12. The lowest BCUT2D eigenvalue weighted by atomic mass is 10.1. The molecule has 0 bridgehead atoms. The van der Waals surface area contributed by atoms with E-state index >= 15 is 0 Å². The van der Waals surface area contributed by atoms with Crippen LogP contribution in [0.5, 0.6) is 0 Å². The van der Waals surface area contributed by atoms with Crippen LogP contribution in [0, 0.1) is 17.0 Å². The van der Waals surface area contributed by atoms with Crippen LogP contribution >= 0.6 is 27.5 Å². The number of nitrogens with zero attached hydrogens (tertiary/aromatic N) is 1. The predicted molar refractivity (Wildman–Crippen MR) is 89.2 cm³/mol. The molecule has 6 heteroatoms. The number of hydrogen-bond acceptors (Lipinski definition) is 3.